The van der Waals surface area contributed by atoms with Gasteiger partial charge in [0.2, 0.25) is 0 Å². The number of ether oxygens (including phenoxy) is 1. The van der Waals surface area contributed by atoms with Crippen molar-refractivity contribution in [3.63, 3.8) is 0 Å². The second-order valence-electron chi connectivity index (χ2n) is 4.94. The van der Waals surface area contributed by atoms with Gasteiger partial charge in [-0.3, -0.25) is 0 Å². The summed E-state index contributed by atoms with van der Waals surface area (Å²) < 4.78 is 5.34. The van der Waals surface area contributed by atoms with Crippen molar-refractivity contribution >= 4 is 0 Å². The summed E-state index contributed by atoms with van der Waals surface area (Å²) in [6.07, 6.45) is 2.15. The van der Waals surface area contributed by atoms with Gasteiger partial charge in [0.1, 0.15) is 5.75 Å². The fraction of sp³-hybridized carbons (Fsp3) is 0.600. The maximum atomic E-state index is 5.52. The van der Waals surface area contributed by atoms with Crippen LogP contribution >= 0.6 is 0 Å². The van der Waals surface area contributed by atoms with Crippen molar-refractivity contribution in [3.8, 4) is 5.75 Å². The molecule has 0 bridgehead atoms. The summed E-state index contributed by atoms with van der Waals surface area (Å²) in [6, 6.07) is 4.37. The zero-order valence-corrected chi connectivity index (χ0v) is 12.1. The third kappa shape index (κ3) is 4.31. The fourth-order valence-electron chi connectivity index (χ4n) is 2.12. The van der Waals surface area contributed by atoms with Crippen LogP contribution in [-0.2, 0) is 6.42 Å². The highest BCUT2D eigenvalue weighted by Crippen LogP contribution is 2.22. The smallest absolute Gasteiger partial charge is 0.122 e. The molecule has 1 rings (SSSR count). The second kappa shape index (κ2) is 7.39. The van der Waals surface area contributed by atoms with E-state index in [4.69, 9.17) is 10.5 Å². The van der Waals surface area contributed by atoms with Crippen molar-refractivity contribution in [1.82, 2.24) is 4.90 Å². The highest BCUT2D eigenvalue weighted by atomic mass is 16.5. The number of aryl methyl sites for hydroxylation is 2. The predicted octanol–water partition coefficient (Wildman–Crippen LogP) is 2.14. The van der Waals surface area contributed by atoms with Gasteiger partial charge >= 0.3 is 0 Å². The summed E-state index contributed by atoms with van der Waals surface area (Å²) in [5.41, 5.74) is 9.45. The van der Waals surface area contributed by atoms with Crippen LogP contribution in [-0.4, -0.2) is 38.7 Å². The lowest BCUT2D eigenvalue weighted by atomic mass is 10.0. The predicted molar refractivity (Wildman–Crippen MR) is 77.3 cm³/mol. The van der Waals surface area contributed by atoms with Crippen molar-refractivity contribution in [2.45, 2.75) is 26.7 Å². The number of benzene rings is 1. The fourth-order valence-corrected chi connectivity index (χ4v) is 2.12. The third-order valence-electron chi connectivity index (χ3n) is 3.36. The average Bonchev–Trinajstić information content (AvgIpc) is 2.36. The van der Waals surface area contributed by atoms with Crippen LogP contribution in [0.3, 0.4) is 0 Å². The minimum Gasteiger partial charge on any atom is -0.496 e. The molecule has 0 spiro atoms. The third-order valence-corrected chi connectivity index (χ3v) is 3.36. The molecule has 102 valence electrons. The molecule has 3 heteroatoms. The number of hydrogen-bond acceptors (Lipinski definition) is 3. The first kappa shape index (κ1) is 15.0. The molecule has 0 aliphatic heterocycles. The molecule has 0 amide bonds. The number of likely N-dealkylation sites (N-methyl/N-ethyl adjacent to an activating group) is 1. The molecule has 0 aliphatic rings. The number of methoxy groups -OCH3 is 1. The minimum absolute atomic E-state index is 0.769. The first-order valence-corrected chi connectivity index (χ1v) is 6.61. The van der Waals surface area contributed by atoms with E-state index in [-0.39, 0.29) is 0 Å². The minimum atomic E-state index is 0.769. The summed E-state index contributed by atoms with van der Waals surface area (Å²) >= 11 is 0. The van der Waals surface area contributed by atoms with E-state index >= 15 is 0 Å². The standard InChI is InChI=1S/C15H26N2O/c1-12-11-15(18-4)13(2)10-14(12)6-9-17(3)8-5-7-16/h10-11H,5-9,16H2,1-4H3. The second-order valence-corrected chi connectivity index (χ2v) is 4.94. The first-order chi connectivity index (χ1) is 8.58. The van der Waals surface area contributed by atoms with Crippen molar-refractivity contribution in [2.75, 3.05) is 33.8 Å². The molecule has 0 aromatic heterocycles. The number of nitrogens with zero attached hydrogens (tertiary/aromatic N) is 1. The SMILES string of the molecule is COc1cc(C)c(CCN(C)CCCN)cc1C. The van der Waals surface area contributed by atoms with Crippen LogP contribution in [0.1, 0.15) is 23.1 Å². The van der Waals surface area contributed by atoms with Gasteiger partial charge in [0.05, 0.1) is 7.11 Å². The molecule has 1 aromatic rings. The Labute approximate surface area is 111 Å². The number of nitrogens with two attached hydrogens (primary N) is 1. The molecule has 0 atom stereocenters. The maximum absolute atomic E-state index is 5.52. The zero-order chi connectivity index (χ0) is 13.5. The molecule has 18 heavy (non-hydrogen) atoms. The van der Waals surface area contributed by atoms with Crippen LogP contribution in [0, 0.1) is 13.8 Å². The Bertz CT molecular complexity index is 377. The van der Waals surface area contributed by atoms with Crippen LogP contribution < -0.4 is 10.5 Å². The molecule has 0 radical (unpaired) electrons. The molecule has 0 fully saturated rings. The van der Waals surface area contributed by atoms with E-state index < -0.39 is 0 Å². The Balaban J connectivity index is 2.59. The molecule has 0 aliphatic carbocycles. The molecule has 2 N–H and O–H groups in total. The Morgan fingerprint density at radius 2 is 1.89 bits per heavy atom. The van der Waals surface area contributed by atoms with E-state index in [1.54, 1.807) is 7.11 Å². The summed E-state index contributed by atoms with van der Waals surface area (Å²) in [6.45, 7) is 7.17. The molecule has 0 heterocycles. The van der Waals surface area contributed by atoms with Gasteiger partial charge in [-0.2, -0.15) is 0 Å². The van der Waals surface area contributed by atoms with E-state index in [0.717, 1.165) is 38.2 Å². The van der Waals surface area contributed by atoms with Crippen molar-refractivity contribution in [3.05, 3.63) is 28.8 Å². The monoisotopic (exact) mass is 250 g/mol. The Kier molecular flexibility index (Phi) is 6.16. The lowest BCUT2D eigenvalue weighted by Crippen LogP contribution is -2.24. The normalized spacial score (nSPS) is 11.0. The van der Waals surface area contributed by atoms with Crippen LogP contribution in [0.15, 0.2) is 12.1 Å². The van der Waals surface area contributed by atoms with Gasteiger partial charge in [0.15, 0.2) is 0 Å². The van der Waals surface area contributed by atoms with Crippen LogP contribution in [0.2, 0.25) is 0 Å². The lowest BCUT2D eigenvalue weighted by molar-refractivity contribution is 0.335. The van der Waals surface area contributed by atoms with Crippen molar-refractivity contribution < 1.29 is 4.74 Å². The number of rotatable bonds is 7. The van der Waals surface area contributed by atoms with Gasteiger partial charge in [-0.1, -0.05) is 6.07 Å². The van der Waals surface area contributed by atoms with Gasteiger partial charge in [-0.25, -0.2) is 0 Å². The number of hydrogen-bond donors (Lipinski definition) is 1. The summed E-state index contributed by atoms with van der Waals surface area (Å²) in [5.74, 6) is 0.979. The van der Waals surface area contributed by atoms with Gasteiger partial charge in [0, 0.05) is 6.54 Å². The Morgan fingerprint density at radius 3 is 2.50 bits per heavy atom. The van der Waals surface area contributed by atoms with Gasteiger partial charge in [-0.05, 0) is 69.6 Å². The van der Waals surface area contributed by atoms with Crippen molar-refractivity contribution in [2.24, 2.45) is 5.73 Å². The topological polar surface area (TPSA) is 38.5 Å². The summed E-state index contributed by atoms with van der Waals surface area (Å²) in [7, 11) is 3.88. The molecule has 0 saturated heterocycles. The Morgan fingerprint density at radius 1 is 1.17 bits per heavy atom. The van der Waals surface area contributed by atoms with E-state index in [1.165, 1.54) is 16.7 Å². The molecule has 1 aromatic carbocycles. The Hall–Kier alpha value is -1.06. The largest absolute Gasteiger partial charge is 0.496 e. The van der Waals surface area contributed by atoms with Gasteiger partial charge in [0.25, 0.3) is 0 Å². The highest BCUT2D eigenvalue weighted by Gasteiger charge is 2.06. The highest BCUT2D eigenvalue weighted by molar-refractivity contribution is 5.41. The lowest BCUT2D eigenvalue weighted by Gasteiger charge is -2.17. The molecule has 0 saturated carbocycles. The first-order valence-electron chi connectivity index (χ1n) is 6.61. The van der Waals surface area contributed by atoms with Crippen molar-refractivity contribution in [1.29, 1.82) is 0 Å². The molecule has 0 unspecified atom stereocenters. The average molecular weight is 250 g/mol. The van der Waals surface area contributed by atoms with Crippen LogP contribution in [0.25, 0.3) is 0 Å². The van der Waals surface area contributed by atoms with E-state index in [9.17, 15) is 0 Å². The van der Waals surface area contributed by atoms with E-state index in [2.05, 4.69) is 37.9 Å². The van der Waals surface area contributed by atoms with Gasteiger partial charge < -0.3 is 15.4 Å². The quantitative estimate of drug-likeness (QED) is 0.805. The molecular weight excluding hydrogens is 224 g/mol. The van der Waals surface area contributed by atoms with Crippen LogP contribution in [0.4, 0.5) is 0 Å². The van der Waals surface area contributed by atoms with E-state index in [1.807, 2.05) is 0 Å². The molecular formula is C15H26N2O. The molecule has 3 nitrogen and oxygen atoms in total. The summed E-state index contributed by atoms with van der Waals surface area (Å²) in [5, 5.41) is 0. The zero-order valence-electron chi connectivity index (χ0n) is 12.1. The maximum Gasteiger partial charge on any atom is 0.122 e. The van der Waals surface area contributed by atoms with E-state index in [0.29, 0.717) is 0 Å². The summed E-state index contributed by atoms with van der Waals surface area (Å²) in [4.78, 5) is 2.34. The van der Waals surface area contributed by atoms with Crippen LogP contribution in [0.5, 0.6) is 5.75 Å². The van der Waals surface area contributed by atoms with Gasteiger partial charge in [-0.15, -0.1) is 0 Å².